The number of rotatable bonds is 6. The number of piperazine rings is 1. The van der Waals surface area contributed by atoms with E-state index in [4.69, 9.17) is 4.52 Å². The first-order chi connectivity index (χ1) is 14.5. The SMILES string of the molecule is CCNC(=O)Nc1cc(CN2CCN(c3ccc(C(=O)NC)nc3C#N)CC2)no1. The van der Waals surface area contributed by atoms with Gasteiger partial charge >= 0.3 is 6.03 Å². The zero-order chi connectivity index (χ0) is 21.5. The maximum absolute atomic E-state index is 11.7. The fourth-order valence-electron chi connectivity index (χ4n) is 3.18. The number of nitrogens with zero attached hydrogens (tertiary/aromatic N) is 5. The molecule has 0 spiro atoms. The van der Waals surface area contributed by atoms with E-state index in [0.717, 1.165) is 24.5 Å². The van der Waals surface area contributed by atoms with Crippen LogP contribution in [0.5, 0.6) is 0 Å². The summed E-state index contributed by atoms with van der Waals surface area (Å²) < 4.78 is 5.15. The second kappa shape index (κ2) is 9.71. The van der Waals surface area contributed by atoms with Gasteiger partial charge in [-0.05, 0) is 19.1 Å². The second-order valence-corrected chi connectivity index (χ2v) is 6.69. The van der Waals surface area contributed by atoms with Gasteiger partial charge in [0.15, 0.2) is 5.69 Å². The quantitative estimate of drug-likeness (QED) is 0.632. The molecule has 11 nitrogen and oxygen atoms in total. The monoisotopic (exact) mass is 412 g/mol. The van der Waals surface area contributed by atoms with Gasteiger partial charge in [-0.2, -0.15) is 5.26 Å². The summed E-state index contributed by atoms with van der Waals surface area (Å²) in [5.74, 6) is -0.0213. The van der Waals surface area contributed by atoms with E-state index in [9.17, 15) is 14.9 Å². The van der Waals surface area contributed by atoms with E-state index in [1.165, 1.54) is 7.05 Å². The van der Waals surface area contributed by atoms with Gasteiger partial charge in [-0.25, -0.2) is 9.78 Å². The number of nitriles is 1. The van der Waals surface area contributed by atoms with Gasteiger partial charge in [0, 0.05) is 52.4 Å². The van der Waals surface area contributed by atoms with Gasteiger partial charge in [-0.3, -0.25) is 15.0 Å². The molecule has 30 heavy (non-hydrogen) atoms. The van der Waals surface area contributed by atoms with Crippen molar-refractivity contribution in [1.29, 1.82) is 5.26 Å². The van der Waals surface area contributed by atoms with Gasteiger partial charge in [-0.1, -0.05) is 5.16 Å². The van der Waals surface area contributed by atoms with Gasteiger partial charge in [-0.15, -0.1) is 0 Å². The van der Waals surface area contributed by atoms with Crippen LogP contribution in [0.2, 0.25) is 0 Å². The summed E-state index contributed by atoms with van der Waals surface area (Å²) in [7, 11) is 1.52. The molecule has 2 aromatic heterocycles. The third kappa shape index (κ3) is 5.03. The molecule has 3 N–H and O–H groups in total. The molecule has 3 heterocycles. The zero-order valence-corrected chi connectivity index (χ0v) is 16.9. The Morgan fingerprint density at radius 3 is 2.70 bits per heavy atom. The number of anilines is 2. The van der Waals surface area contributed by atoms with E-state index in [-0.39, 0.29) is 23.3 Å². The molecule has 1 aliphatic heterocycles. The molecule has 2 aromatic rings. The molecule has 0 unspecified atom stereocenters. The predicted molar refractivity (Wildman–Crippen MR) is 109 cm³/mol. The van der Waals surface area contributed by atoms with E-state index in [0.29, 0.717) is 32.1 Å². The van der Waals surface area contributed by atoms with Crippen LogP contribution < -0.4 is 20.9 Å². The van der Waals surface area contributed by atoms with Crippen molar-refractivity contribution >= 4 is 23.5 Å². The van der Waals surface area contributed by atoms with Crippen molar-refractivity contribution in [3.63, 3.8) is 0 Å². The normalized spacial score (nSPS) is 14.1. The van der Waals surface area contributed by atoms with E-state index in [2.05, 4.69) is 42.0 Å². The maximum atomic E-state index is 11.7. The summed E-state index contributed by atoms with van der Waals surface area (Å²) in [5, 5.41) is 21.2. The number of amides is 3. The molecule has 1 aliphatic rings. The van der Waals surface area contributed by atoms with Crippen LogP contribution in [0.3, 0.4) is 0 Å². The lowest BCUT2D eigenvalue weighted by Crippen LogP contribution is -2.46. The van der Waals surface area contributed by atoms with Crippen LogP contribution in [0.15, 0.2) is 22.7 Å². The van der Waals surface area contributed by atoms with Crippen molar-refractivity contribution in [2.45, 2.75) is 13.5 Å². The second-order valence-electron chi connectivity index (χ2n) is 6.69. The molecule has 0 aromatic carbocycles. The molecule has 0 radical (unpaired) electrons. The molecular weight excluding hydrogens is 388 g/mol. The van der Waals surface area contributed by atoms with E-state index in [1.807, 2.05) is 6.92 Å². The van der Waals surface area contributed by atoms with Gasteiger partial charge in [0.2, 0.25) is 5.88 Å². The number of hydrogen-bond acceptors (Lipinski definition) is 8. The van der Waals surface area contributed by atoms with Crippen LogP contribution in [0.4, 0.5) is 16.4 Å². The molecule has 158 valence electrons. The van der Waals surface area contributed by atoms with Crippen molar-refractivity contribution in [3.05, 3.63) is 35.3 Å². The molecule has 1 fully saturated rings. The molecule has 3 amide bonds. The van der Waals surface area contributed by atoms with Crippen LogP contribution >= 0.6 is 0 Å². The Labute approximate surface area is 174 Å². The summed E-state index contributed by atoms with van der Waals surface area (Å²) in [6.07, 6.45) is 0. The van der Waals surface area contributed by atoms with E-state index < -0.39 is 0 Å². The summed E-state index contributed by atoms with van der Waals surface area (Å²) in [4.78, 5) is 31.7. The lowest BCUT2D eigenvalue weighted by Gasteiger charge is -2.35. The van der Waals surface area contributed by atoms with Gasteiger partial charge in [0.05, 0.1) is 11.4 Å². The number of carbonyl (C=O) groups excluding carboxylic acids is 2. The number of hydrogen-bond donors (Lipinski definition) is 3. The fourth-order valence-corrected chi connectivity index (χ4v) is 3.18. The summed E-state index contributed by atoms with van der Waals surface area (Å²) in [6.45, 7) is 5.87. The van der Waals surface area contributed by atoms with Crippen molar-refractivity contribution in [2.24, 2.45) is 0 Å². The largest absolute Gasteiger partial charge is 0.367 e. The Hall–Kier alpha value is -3.65. The Morgan fingerprint density at radius 2 is 2.03 bits per heavy atom. The highest BCUT2D eigenvalue weighted by Gasteiger charge is 2.22. The van der Waals surface area contributed by atoms with Gasteiger partial charge in [0.1, 0.15) is 11.8 Å². The molecule has 0 bridgehead atoms. The van der Waals surface area contributed by atoms with Crippen LogP contribution in [0, 0.1) is 11.3 Å². The minimum absolute atomic E-state index is 0.222. The minimum Gasteiger partial charge on any atom is -0.367 e. The van der Waals surface area contributed by atoms with Crippen LogP contribution in [0.1, 0.15) is 28.8 Å². The van der Waals surface area contributed by atoms with Crippen molar-refractivity contribution in [3.8, 4) is 6.07 Å². The Kier molecular flexibility index (Phi) is 6.82. The molecular formula is C19H24N8O3. The average molecular weight is 412 g/mol. The summed E-state index contributed by atoms with van der Waals surface area (Å²) >= 11 is 0. The molecule has 11 heteroatoms. The maximum Gasteiger partial charge on any atom is 0.321 e. The fraction of sp³-hybridized carbons (Fsp3) is 0.421. The van der Waals surface area contributed by atoms with Crippen molar-refractivity contribution in [2.75, 3.05) is 50.0 Å². The number of pyridine rings is 1. The third-order valence-electron chi connectivity index (χ3n) is 4.67. The highest BCUT2D eigenvalue weighted by Crippen LogP contribution is 2.21. The van der Waals surface area contributed by atoms with Gasteiger partial charge in [0.25, 0.3) is 5.91 Å². The van der Waals surface area contributed by atoms with Gasteiger partial charge < -0.3 is 20.1 Å². The molecule has 0 saturated carbocycles. The standard InChI is InChI=1S/C19H24N8O3/c1-3-22-19(29)24-17-10-13(25-30-17)12-26-6-8-27(9-7-26)16-5-4-14(18(28)21-2)23-15(16)11-20/h4-5,10H,3,6-9,12H2,1-2H3,(H,21,28)(H2,22,24,29). The zero-order valence-electron chi connectivity index (χ0n) is 16.9. The number of nitrogens with one attached hydrogen (secondary N) is 3. The first kappa shape index (κ1) is 21.1. The number of urea groups is 1. The molecule has 0 aliphatic carbocycles. The summed E-state index contributed by atoms with van der Waals surface area (Å²) in [5.41, 5.74) is 1.91. The lowest BCUT2D eigenvalue weighted by atomic mass is 10.2. The Bertz CT molecular complexity index is 943. The summed E-state index contributed by atoms with van der Waals surface area (Å²) in [6, 6.07) is 6.84. The first-order valence-electron chi connectivity index (χ1n) is 9.65. The third-order valence-corrected chi connectivity index (χ3v) is 4.67. The van der Waals surface area contributed by atoms with Crippen molar-refractivity contribution < 1.29 is 14.1 Å². The van der Waals surface area contributed by atoms with Crippen LogP contribution in [-0.4, -0.2) is 66.8 Å². The molecule has 0 atom stereocenters. The van der Waals surface area contributed by atoms with E-state index in [1.54, 1.807) is 18.2 Å². The number of carbonyl (C=O) groups is 2. The smallest absolute Gasteiger partial charge is 0.321 e. The van der Waals surface area contributed by atoms with Crippen LogP contribution in [-0.2, 0) is 6.54 Å². The Balaban J connectivity index is 1.57. The first-order valence-corrected chi connectivity index (χ1v) is 9.65. The van der Waals surface area contributed by atoms with Crippen molar-refractivity contribution in [1.82, 2.24) is 25.7 Å². The highest BCUT2D eigenvalue weighted by atomic mass is 16.5. The average Bonchev–Trinajstić information content (AvgIpc) is 3.20. The lowest BCUT2D eigenvalue weighted by molar-refractivity contribution is 0.0958. The predicted octanol–water partition coefficient (Wildman–Crippen LogP) is 0.764. The minimum atomic E-state index is -0.335. The molecule has 1 saturated heterocycles. The Morgan fingerprint density at radius 1 is 1.27 bits per heavy atom. The van der Waals surface area contributed by atoms with Crippen LogP contribution in [0.25, 0.3) is 0 Å². The van der Waals surface area contributed by atoms with E-state index >= 15 is 0 Å². The highest BCUT2D eigenvalue weighted by molar-refractivity contribution is 5.92. The number of aromatic nitrogens is 2. The topological polar surface area (TPSA) is 139 Å². The molecule has 3 rings (SSSR count).